The fourth-order valence-corrected chi connectivity index (χ4v) is 5.59. The van der Waals surface area contributed by atoms with Gasteiger partial charge in [-0.2, -0.15) is 16.1 Å². The molecular weight excluding hydrogens is 322 g/mol. The monoisotopic (exact) mass is 343 g/mol. The number of aromatic carboxylic acids is 1. The molecule has 0 saturated carbocycles. The molecule has 1 aliphatic heterocycles. The number of carboxylic acids is 1. The number of carbonyl (C=O) groups is 1. The van der Waals surface area contributed by atoms with Gasteiger partial charge in [-0.25, -0.2) is 13.2 Å². The lowest BCUT2D eigenvalue weighted by Gasteiger charge is -2.33. The lowest BCUT2D eigenvalue weighted by Crippen LogP contribution is -2.43. The molecule has 0 spiro atoms. The van der Waals surface area contributed by atoms with Crippen molar-refractivity contribution in [3.63, 3.8) is 0 Å². The molecule has 1 aromatic carbocycles. The Morgan fingerprint density at radius 2 is 2.09 bits per heavy atom. The van der Waals surface area contributed by atoms with Gasteiger partial charge in [0.05, 0.1) is 10.5 Å². The number of nitrogens with zero attached hydrogens (tertiary/aromatic N) is 1. The summed E-state index contributed by atoms with van der Waals surface area (Å²) in [5.41, 5.74) is 0.574. The van der Waals surface area contributed by atoms with E-state index in [4.69, 9.17) is 0 Å². The van der Waals surface area contributed by atoms with Crippen LogP contribution in [0.3, 0.4) is 0 Å². The number of hydrogen-bond donors (Lipinski definition) is 1. The molecule has 2 rings (SSSR count). The number of thioether (sulfide) groups is 1. The van der Waals surface area contributed by atoms with E-state index in [9.17, 15) is 18.3 Å². The van der Waals surface area contributed by atoms with Gasteiger partial charge >= 0.3 is 5.97 Å². The van der Waals surface area contributed by atoms with Crippen LogP contribution in [0.2, 0.25) is 0 Å². The molecule has 1 aromatic rings. The summed E-state index contributed by atoms with van der Waals surface area (Å²) in [5, 5.41) is 9.54. The highest BCUT2D eigenvalue weighted by atomic mass is 32.2. The number of benzene rings is 1. The summed E-state index contributed by atoms with van der Waals surface area (Å²) in [6.07, 6.45) is 0. The average molecular weight is 343 g/mol. The van der Waals surface area contributed by atoms with E-state index in [0.29, 0.717) is 19.0 Å². The first kappa shape index (κ1) is 17.3. The lowest BCUT2D eigenvalue weighted by molar-refractivity contribution is 0.0692. The van der Waals surface area contributed by atoms with E-state index in [0.717, 1.165) is 11.3 Å². The predicted octanol–water partition coefficient (Wildman–Crippen LogP) is 2.46. The summed E-state index contributed by atoms with van der Waals surface area (Å²) in [5.74, 6) is -0.106. The Morgan fingerprint density at radius 1 is 1.41 bits per heavy atom. The van der Waals surface area contributed by atoms with E-state index >= 15 is 0 Å². The molecule has 1 heterocycles. The van der Waals surface area contributed by atoms with Crippen molar-refractivity contribution in [2.75, 3.05) is 18.8 Å². The number of sulfonamides is 1. The van der Waals surface area contributed by atoms with Gasteiger partial charge in [-0.1, -0.05) is 25.5 Å². The third-order valence-corrected chi connectivity index (χ3v) is 7.25. The van der Waals surface area contributed by atoms with Crippen LogP contribution in [0.1, 0.15) is 29.8 Å². The second-order valence-electron chi connectivity index (χ2n) is 5.82. The number of rotatable bonds is 4. The highest BCUT2D eigenvalue weighted by Crippen LogP contribution is 2.30. The van der Waals surface area contributed by atoms with E-state index in [1.807, 2.05) is 0 Å². The van der Waals surface area contributed by atoms with E-state index in [-0.39, 0.29) is 15.7 Å². The molecular formula is C15H21NO4S2. The summed E-state index contributed by atoms with van der Waals surface area (Å²) in [6, 6.07) is 4.45. The Morgan fingerprint density at radius 3 is 2.68 bits per heavy atom. The minimum Gasteiger partial charge on any atom is -0.478 e. The maximum atomic E-state index is 12.8. The highest BCUT2D eigenvalue weighted by Gasteiger charge is 2.34. The number of hydrogen-bond acceptors (Lipinski definition) is 4. The topological polar surface area (TPSA) is 74.7 Å². The van der Waals surface area contributed by atoms with Crippen LogP contribution >= 0.6 is 11.8 Å². The highest BCUT2D eigenvalue weighted by molar-refractivity contribution is 8.00. The summed E-state index contributed by atoms with van der Waals surface area (Å²) in [7, 11) is -3.78. The normalized spacial score (nSPS) is 20.3. The predicted molar refractivity (Wildman–Crippen MR) is 88.0 cm³/mol. The standard InChI is InChI=1S/C15H21NO4S2/c1-10(2)13-9-16(6-7-21-13)22(19,20)14-5-4-11(3)8-12(14)15(17)18/h4-5,8,10,13H,6-7,9H2,1-3H3,(H,17,18). The second kappa shape index (κ2) is 6.60. The molecule has 5 nitrogen and oxygen atoms in total. The minimum atomic E-state index is -3.78. The smallest absolute Gasteiger partial charge is 0.337 e. The molecule has 0 bridgehead atoms. The summed E-state index contributed by atoms with van der Waals surface area (Å²) >= 11 is 1.78. The van der Waals surface area contributed by atoms with Crippen LogP contribution in [0.5, 0.6) is 0 Å². The summed E-state index contributed by atoms with van der Waals surface area (Å²) < 4.78 is 27.1. The Bertz CT molecular complexity index is 670. The van der Waals surface area contributed by atoms with Crippen molar-refractivity contribution in [3.05, 3.63) is 29.3 Å². The molecule has 1 saturated heterocycles. The second-order valence-corrected chi connectivity index (χ2v) is 9.07. The van der Waals surface area contributed by atoms with Gasteiger partial charge in [0.1, 0.15) is 0 Å². The van der Waals surface area contributed by atoms with Crippen LogP contribution in [0.25, 0.3) is 0 Å². The van der Waals surface area contributed by atoms with Crippen LogP contribution in [-0.4, -0.2) is 47.9 Å². The van der Waals surface area contributed by atoms with E-state index < -0.39 is 16.0 Å². The Labute approximate surface area is 135 Å². The number of aryl methyl sites for hydroxylation is 1. The first-order chi connectivity index (χ1) is 10.2. The summed E-state index contributed by atoms with van der Waals surface area (Å²) in [4.78, 5) is 11.3. The van der Waals surface area contributed by atoms with Gasteiger partial charge in [0, 0.05) is 24.1 Å². The molecule has 0 aliphatic carbocycles. The molecule has 122 valence electrons. The van der Waals surface area contributed by atoms with Crippen LogP contribution < -0.4 is 0 Å². The zero-order valence-corrected chi connectivity index (χ0v) is 14.6. The van der Waals surface area contributed by atoms with E-state index in [1.165, 1.54) is 16.4 Å². The van der Waals surface area contributed by atoms with Crippen LogP contribution in [0.15, 0.2) is 23.1 Å². The van der Waals surface area contributed by atoms with Crippen molar-refractivity contribution in [3.8, 4) is 0 Å². The van der Waals surface area contributed by atoms with Crippen LogP contribution in [0, 0.1) is 12.8 Å². The SMILES string of the molecule is Cc1ccc(S(=O)(=O)N2CCSC(C(C)C)C2)c(C(=O)O)c1. The minimum absolute atomic E-state index is 0.111. The molecule has 22 heavy (non-hydrogen) atoms. The Hall–Kier alpha value is -1.05. The van der Waals surface area contributed by atoms with E-state index in [1.54, 1.807) is 24.8 Å². The maximum absolute atomic E-state index is 12.8. The zero-order valence-electron chi connectivity index (χ0n) is 12.9. The summed E-state index contributed by atoms with van der Waals surface area (Å²) in [6.45, 7) is 6.74. The van der Waals surface area contributed by atoms with Crippen molar-refractivity contribution < 1.29 is 18.3 Å². The molecule has 1 atom stereocenters. The van der Waals surface area contributed by atoms with Gasteiger partial charge in [-0.05, 0) is 25.0 Å². The van der Waals surface area contributed by atoms with Gasteiger partial charge < -0.3 is 5.11 Å². The number of carboxylic acid groups (broad SMARTS) is 1. The van der Waals surface area contributed by atoms with Crippen LogP contribution in [0.4, 0.5) is 0 Å². The molecule has 1 unspecified atom stereocenters. The third-order valence-electron chi connectivity index (χ3n) is 3.78. The molecule has 1 fully saturated rings. The lowest BCUT2D eigenvalue weighted by atomic mass is 10.1. The first-order valence-electron chi connectivity index (χ1n) is 7.19. The van der Waals surface area contributed by atoms with E-state index in [2.05, 4.69) is 13.8 Å². The van der Waals surface area contributed by atoms with Crippen molar-refractivity contribution >= 4 is 27.8 Å². The van der Waals surface area contributed by atoms with Crippen molar-refractivity contribution in [1.82, 2.24) is 4.31 Å². The molecule has 0 amide bonds. The Balaban J connectivity index is 2.40. The fraction of sp³-hybridized carbons (Fsp3) is 0.533. The quantitative estimate of drug-likeness (QED) is 0.909. The zero-order chi connectivity index (χ0) is 16.5. The first-order valence-corrected chi connectivity index (χ1v) is 9.68. The fourth-order valence-electron chi connectivity index (χ4n) is 2.45. The van der Waals surface area contributed by atoms with Gasteiger partial charge in [0.25, 0.3) is 0 Å². The van der Waals surface area contributed by atoms with Crippen LogP contribution in [-0.2, 0) is 10.0 Å². The van der Waals surface area contributed by atoms with Crippen molar-refractivity contribution in [1.29, 1.82) is 0 Å². The van der Waals surface area contributed by atoms with Crippen molar-refractivity contribution in [2.45, 2.75) is 30.9 Å². The molecule has 1 aliphatic rings. The van der Waals surface area contributed by atoms with Gasteiger partial charge in [-0.15, -0.1) is 0 Å². The molecule has 0 aromatic heterocycles. The van der Waals surface area contributed by atoms with Crippen molar-refractivity contribution in [2.24, 2.45) is 5.92 Å². The average Bonchev–Trinajstić information content (AvgIpc) is 2.46. The molecule has 1 N–H and O–H groups in total. The van der Waals surface area contributed by atoms with Gasteiger partial charge in [-0.3, -0.25) is 0 Å². The molecule has 0 radical (unpaired) electrons. The Kier molecular flexibility index (Phi) is 5.19. The largest absolute Gasteiger partial charge is 0.478 e. The third kappa shape index (κ3) is 3.47. The van der Waals surface area contributed by atoms with Gasteiger partial charge in [0.15, 0.2) is 0 Å². The maximum Gasteiger partial charge on any atom is 0.337 e. The molecule has 7 heteroatoms. The van der Waals surface area contributed by atoms with Gasteiger partial charge in [0.2, 0.25) is 10.0 Å².